The molecule has 0 aromatic carbocycles. The van der Waals surface area contributed by atoms with E-state index in [0.717, 1.165) is 31.6 Å². The third-order valence-electron chi connectivity index (χ3n) is 7.79. The maximum absolute atomic E-state index is 13.5. The molecule has 0 spiro atoms. The van der Waals surface area contributed by atoms with Gasteiger partial charge in [0.15, 0.2) is 0 Å². The quantitative estimate of drug-likeness (QED) is 0.365. The fourth-order valence-electron chi connectivity index (χ4n) is 6.03. The molecule has 4 rings (SSSR count). The van der Waals surface area contributed by atoms with Gasteiger partial charge in [0, 0.05) is 13.2 Å². The van der Waals surface area contributed by atoms with Gasteiger partial charge in [0.2, 0.25) is 5.91 Å². The van der Waals surface area contributed by atoms with Crippen molar-refractivity contribution in [3.8, 4) is 0 Å². The molecule has 5 N–H and O–H groups in total. The molecule has 2 bridgehead atoms. The molecule has 11 atom stereocenters. The van der Waals surface area contributed by atoms with Crippen LogP contribution in [0.5, 0.6) is 0 Å². The predicted molar refractivity (Wildman–Crippen MR) is 131 cm³/mol. The molecule has 0 radical (unpaired) electrons. The van der Waals surface area contributed by atoms with Gasteiger partial charge in [0.05, 0.1) is 12.1 Å². The zero-order chi connectivity index (χ0) is 24.4. The minimum atomic E-state index is -1.33. The second kappa shape index (κ2) is 11.6. The molecule has 4 aliphatic heterocycles. The third-order valence-corrected chi connectivity index (χ3v) is 8.98. The van der Waals surface area contributed by atoms with E-state index in [1.807, 2.05) is 13.0 Å². The van der Waals surface area contributed by atoms with Crippen molar-refractivity contribution in [3.63, 3.8) is 0 Å². The molecule has 9 heteroatoms. The summed E-state index contributed by atoms with van der Waals surface area (Å²) >= 11 is 1.42. The highest BCUT2D eigenvalue weighted by Gasteiger charge is 2.49. The molecule has 0 saturated carbocycles. The van der Waals surface area contributed by atoms with Gasteiger partial charge in [-0.1, -0.05) is 32.9 Å². The fraction of sp³-hybridized carbons (Fsp3) is 0.880. The number of carbonyl (C=O) groups is 1. The number of amides is 1. The number of carbonyl (C=O) groups excluding carboxylic acids is 1. The van der Waals surface area contributed by atoms with Crippen molar-refractivity contribution in [2.75, 3.05) is 18.9 Å². The van der Waals surface area contributed by atoms with E-state index in [-0.39, 0.29) is 17.9 Å². The highest BCUT2D eigenvalue weighted by atomic mass is 32.2. The summed E-state index contributed by atoms with van der Waals surface area (Å²) in [5.74, 6) is 2.01. The first-order chi connectivity index (χ1) is 16.3. The van der Waals surface area contributed by atoms with Crippen LogP contribution in [0, 0.1) is 23.7 Å². The van der Waals surface area contributed by atoms with Gasteiger partial charge in [-0.15, -0.1) is 11.8 Å². The van der Waals surface area contributed by atoms with Crippen LogP contribution in [0.3, 0.4) is 0 Å². The molecular formula is C25H42N2O6S. The fourth-order valence-corrected chi connectivity index (χ4v) is 7.10. The van der Waals surface area contributed by atoms with E-state index in [1.54, 1.807) is 0 Å². The highest BCUT2D eigenvalue weighted by molar-refractivity contribution is 7.99. The van der Waals surface area contributed by atoms with Crippen molar-refractivity contribution >= 4 is 17.7 Å². The van der Waals surface area contributed by atoms with Crippen LogP contribution in [0.1, 0.15) is 46.5 Å². The Morgan fingerprint density at radius 3 is 2.76 bits per heavy atom. The van der Waals surface area contributed by atoms with Gasteiger partial charge in [0.25, 0.3) is 0 Å². The molecule has 34 heavy (non-hydrogen) atoms. The first-order valence-corrected chi connectivity index (χ1v) is 13.9. The molecule has 0 aromatic heterocycles. The van der Waals surface area contributed by atoms with Gasteiger partial charge in [-0.05, 0) is 55.1 Å². The van der Waals surface area contributed by atoms with Gasteiger partial charge in [-0.25, -0.2) is 0 Å². The zero-order valence-corrected chi connectivity index (χ0v) is 21.3. The normalized spacial score (nSPS) is 46.4. The molecule has 0 aliphatic carbocycles. The van der Waals surface area contributed by atoms with Crippen molar-refractivity contribution in [1.29, 1.82) is 0 Å². The number of fused-ring (bicyclic) bond motifs is 3. The number of thioether (sulfide) groups is 1. The molecule has 5 unspecified atom stereocenters. The number of aliphatic hydroxyl groups is 3. The van der Waals surface area contributed by atoms with Crippen molar-refractivity contribution in [2.45, 2.75) is 94.5 Å². The maximum Gasteiger partial charge on any atom is 0.240 e. The van der Waals surface area contributed by atoms with Crippen LogP contribution in [-0.2, 0) is 14.3 Å². The lowest BCUT2D eigenvalue weighted by atomic mass is 9.85. The van der Waals surface area contributed by atoms with Gasteiger partial charge in [-0.3, -0.25) is 4.79 Å². The first kappa shape index (κ1) is 26.4. The number of ether oxygens (including phenoxy) is 2. The molecule has 194 valence electrons. The lowest BCUT2D eigenvalue weighted by molar-refractivity contribution is -0.207. The Labute approximate surface area is 207 Å². The van der Waals surface area contributed by atoms with E-state index in [2.05, 4.69) is 30.6 Å². The summed E-state index contributed by atoms with van der Waals surface area (Å²) < 4.78 is 12.3. The van der Waals surface area contributed by atoms with Crippen LogP contribution in [-0.4, -0.2) is 88.2 Å². The molecule has 4 heterocycles. The summed E-state index contributed by atoms with van der Waals surface area (Å²) in [6.07, 6.45) is 3.36. The summed E-state index contributed by atoms with van der Waals surface area (Å²) in [5.41, 5.74) is -0.654. The number of aliphatic hydroxyl groups excluding tert-OH is 3. The Kier molecular flexibility index (Phi) is 8.99. The van der Waals surface area contributed by atoms with Crippen molar-refractivity contribution < 1.29 is 29.6 Å². The van der Waals surface area contributed by atoms with Gasteiger partial charge in [0.1, 0.15) is 35.9 Å². The minimum Gasteiger partial charge on any atom is -0.388 e. The average molecular weight is 499 g/mol. The lowest BCUT2D eigenvalue weighted by Crippen LogP contribution is -2.65. The van der Waals surface area contributed by atoms with E-state index < -0.39 is 41.9 Å². The summed E-state index contributed by atoms with van der Waals surface area (Å²) in [7, 11) is 0. The Morgan fingerprint density at radius 2 is 2.00 bits per heavy atom. The van der Waals surface area contributed by atoms with Crippen LogP contribution in [0.15, 0.2) is 12.2 Å². The standard InChI is InChI=1S/C25H42N2O6S/c1-13(2)10-15-7-8-32-22-16(11-15)12-26-18(22)24(31)27-17-14(3)6-4-5-9-34-25-21(30)19(28)20(29)23(17)33-25/h4,6,13-23,25-26,28-30H,5,7-12H2,1-3H3,(H,27,31)/b6-4-/t14-,15-,16-,17+,18-,19?,20?,21?,22+,23?,25?/m0/s1. The largest absolute Gasteiger partial charge is 0.388 e. The van der Waals surface area contributed by atoms with Crippen LogP contribution < -0.4 is 10.6 Å². The SMILES string of the molecule is CC(C)C[C@@H]1CCO[C@@H]2[C@H](CN[C@@H]2C(=O)N[C@H]2C3OC(SCC/C=C\[C@@H]2C)C(O)C(O)C3O)C1. The molecule has 0 aromatic rings. The summed E-state index contributed by atoms with van der Waals surface area (Å²) in [5, 5.41) is 38.2. The number of allylic oxidation sites excluding steroid dienone is 1. The molecule has 3 saturated heterocycles. The van der Waals surface area contributed by atoms with E-state index in [4.69, 9.17) is 9.47 Å². The van der Waals surface area contributed by atoms with E-state index >= 15 is 0 Å². The summed E-state index contributed by atoms with van der Waals surface area (Å²) in [6.45, 7) is 7.90. The maximum atomic E-state index is 13.5. The number of rotatable bonds is 4. The zero-order valence-electron chi connectivity index (χ0n) is 20.5. The van der Waals surface area contributed by atoms with Gasteiger partial charge >= 0.3 is 0 Å². The van der Waals surface area contributed by atoms with Crippen molar-refractivity contribution in [2.24, 2.45) is 23.7 Å². The number of nitrogens with one attached hydrogen (secondary N) is 2. The van der Waals surface area contributed by atoms with E-state index in [0.29, 0.717) is 24.4 Å². The Hall–Kier alpha value is -0.680. The molecule has 8 nitrogen and oxygen atoms in total. The van der Waals surface area contributed by atoms with Crippen LogP contribution in [0.4, 0.5) is 0 Å². The van der Waals surface area contributed by atoms with Crippen LogP contribution >= 0.6 is 11.8 Å². The Bertz CT molecular complexity index is 724. The second-order valence-corrected chi connectivity index (χ2v) is 12.1. The molecule has 4 aliphatic rings. The lowest BCUT2D eigenvalue weighted by Gasteiger charge is -2.45. The molecule has 1 amide bonds. The van der Waals surface area contributed by atoms with Gasteiger partial charge in [-0.2, -0.15) is 0 Å². The summed E-state index contributed by atoms with van der Waals surface area (Å²) in [6, 6.07) is -1.02. The van der Waals surface area contributed by atoms with E-state index in [9.17, 15) is 20.1 Å². The highest BCUT2D eigenvalue weighted by Crippen LogP contribution is 2.35. The number of hydrogen-bond acceptors (Lipinski definition) is 8. The Morgan fingerprint density at radius 1 is 1.21 bits per heavy atom. The predicted octanol–water partition coefficient (Wildman–Crippen LogP) is 1.04. The summed E-state index contributed by atoms with van der Waals surface area (Å²) in [4.78, 5) is 13.5. The smallest absolute Gasteiger partial charge is 0.240 e. The van der Waals surface area contributed by atoms with Crippen molar-refractivity contribution in [1.82, 2.24) is 10.6 Å². The topological polar surface area (TPSA) is 120 Å². The first-order valence-electron chi connectivity index (χ1n) is 12.9. The number of hydrogen-bond donors (Lipinski definition) is 5. The van der Waals surface area contributed by atoms with Crippen molar-refractivity contribution in [3.05, 3.63) is 12.2 Å². The monoisotopic (exact) mass is 498 g/mol. The van der Waals surface area contributed by atoms with E-state index in [1.165, 1.54) is 18.2 Å². The third kappa shape index (κ3) is 5.82. The van der Waals surface area contributed by atoms with Crippen LogP contribution in [0.2, 0.25) is 0 Å². The second-order valence-electron chi connectivity index (χ2n) is 10.9. The minimum absolute atomic E-state index is 0.127. The molecular weight excluding hydrogens is 456 g/mol. The van der Waals surface area contributed by atoms with Gasteiger partial charge < -0.3 is 35.4 Å². The Balaban J connectivity index is 1.48. The van der Waals surface area contributed by atoms with Crippen LogP contribution in [0.25, 0.3) is 0 Å². The average Bonchev–Trinajstić information content (AvgIpc) is 3.08. The molecule has 3 fully saturated rings.